The van der Waals surface area contributed by atoms with Crippen molar-refractivity contribution < 1.29 is 27.6 Å². The number of rotatable bonds is 9. The van der Waals surface area contributed by atoms with Crippen LogP contribution in [0.4, 0.5) is 13.2 Å². The number of nitrogens with one attached hydrogen (secondary N) is 1. The summed E-state index contributed by atoms with van der Waals surface area (Å²) < 4.78 is 39.6. The van der Waals surface area contributed by atoms with Gasteiger partial charge in [0.15, 0.2) is 6.29 Å². The molecule has 1 unspecified atom stereocenters. The van der Waals surface area contributed by atoms with E-state index in [-0.39, 0.29) is 29.6 Å². The monoisotopic (exact) mass is 544 g/mol. The molecule has 39 heavy (non-hydrogen) atoms. The Morgan fingerprint density at radius 2 is 1.72 bits per heavy atom. The number of ketones is 1. The van der Waals surface area contributed by atoms with E-state index in [4.69, 9.17) is 14.9 Å². The first-order valence-corrected chi connectivity index (χ1v) is 13.0. The number of Topliss-reactive ketones (excluding diaryl/α,β-unsaturated/α-hetero) is 1. The smallest absolute Gasteiger partial charge is 0.150 e. The predicted molar refractivity (Wildman–Crippen MR) is 147 cm³/mol. The van der Waals surface area contributed by atoms with Crippen LogP contribution in [0, 0.1) is 39.7 Å². The molecule has 5 nitrogen and oxygen atoms in total. The van der Waals surface area contributed by atoms with Gasteiger partial charge in [-0.2, -0.15) is 5.26 Å². The van der Waals surface area contributed by atoms with Crippen molar-refractivity contribution in [3.05, 3.63) is 59.7 Å². The summed E-state index contributed by atoms with van der Waals surface area (Å²) in [5, 5.41) is 11.8. The van der Waals surface area contributed by atoms with Crippen LogP contribution in [0.1, 0.15) is 58.4 Å². The third-order valence-corrected chi connectivity index (χ3v) is 7.58. The van der Waals surface area contributed by atoms with Gasteiger partial charge in [-0.25, -0.2) is 13.2 Å². The summed E-state index contributed by atoms with van der Waals surface area (Å²) in [6, 6.07) is 14.2. The minimum absolute atomic E-state index is 0.0278. The van der Waals surface area contributed by atoms with Crippen molar-refractivity contribution in [3.63, 3.8) is 0 Å². The molecule has 2 atom stereocenters. The second kappa shape index (κ2) is 15.9. The van der Waals surface area contributed by atoms with Crippen LogP contribution in [0.5, 0.6) is 0 Å². The first-order chi connectivity index (χ1) is 18.6. The summed E-state index contributed by atoms with van der Waals surface area (Å²) in [7, 11) is 1.98. The third-order valence-electron chi connectivity index (χ3n) is 7.58. The van der Waals surface area contributed by atoms with E-state index in [0.717, 1.165) is 19.3 Å². The van der Waals surface area contributed by atoms with Crippen molar-refractivity contribution in [2.24, 2.45) is 16.7 Å². The number of nitrogens with zero attached hydrogens (tertiary/aromatic N) is 1. The van der Waals surface area contributed by atoms with E-state index < -0.39 is 12.1 Å². The quantitative estimate of drug-likeness (QED) is 0.367. The summed E-state index contributed by atoms with van der Waals surface area (Å²) >= 11 is 0. The highest BCUT2D eigenvalue weighted by atomic mass is 19.1. The van der Waals surface area contributed by atoms with Crippen molar-refractivity contribution in [1.82, 2.24) is 5.32 Å². The lowest BCUT2D eigenvalue weighted by molar-refractivity contribution is -0.120. The van der Waals surface area contributed by atoms with Gasteiger partial charge >= 0.3 is 0 Å². The maximum absolute atomic E-state index is 15.1. The molecule has 0 amide bonds. The highest BCUT2D eigenvalue weighted by Crippen LogP contribution is 2.53. The van der Waals surface area contributed by atoms with Gasteiger partial charge in [0.2, 0.25) is 0 Å². The Morgan fingerprint density at radius 1 is 1.15 bits per heavy atom. The van der Waals surface area contributed by atoms with Crippen molar-refractivity contribution in [2.45, 2.75) is 65.3 Å². The van der Waals surface area contributed by atoms with E-state index in [1.165, 1.54) is 31.9 Å². The predicted octanol–water partition coefficient (Wildman–Crippen LogP) is 6.44. The first-order valence-electron chi connectivity index (χ1n) is 13.0. The lowest BCUT2D eigenvalue weighted by atomic mass is 9.81. The summed E-state index contributed by atoms with van der Waals surface area (Å²) in [5.74, 6) is -0.400. The lowest BCUT2D eigenvalue weighted by Crippen LogP contribution is -2.41. The van der Waals surface area contributed by atoms with Crippen molar-refractivity contribution in [3.8, 4) is 17.2 Å². The number of carbonyl (C=O) groups excluding carboxylic acids is 3. The molecule has 0 radical (unpaired) electrons. The maximum Gasteiger partial charge on any atom is 0.150 e. The summed E-state index contributed by atoms with van der Waals surface area (Å²) in [6.07, 6.45) is 5.87. The van der Waals surface area contributed by atoms with Gasteiger partial charge in [-0.1, -0.05) is 44.2 Å². The fraction of sp³-hybridized carbons (Fsp3) is 0.484. The Balaban J connectivity index is 0.000000448. The molecule has 2 aliphatic rings. The largest absolute Gasteiger partial charge is 0.316 e. The first kappa shape index (κ1) is 33.7. The zero-order chi connectivity index (χ0) is 29.6. The minimum atomic E-state index is -0.861. The highest BCUT2D eigenvalue weighted by molar-refractivity contribution is 5.87. The van der Waals surface area contributed by atoms with Crippen LogP contribution in [0.15, 0.2) is 42.5 Å². The number of aldehydes is 1. The molecular formula is C31H39F3N2O3. The highest BCUT2D eigenvalue weighted by Gasteiger charge is 2.49. The number of hydrogen-bond acceptors (Lipinski definition) is 5. The molecule has 0 spiro atoms. The van der Waals surface area contributed by atoms with Gasteiger partial charge in [0, 0.05) is 11.6 Å². The molecule has 0 aliphatic heterocycles. The van der Waals surface area contributed by atoms with E-state index in [1.54, 1.807) is 0 Å². The minimum Gasteiger partial charge on any atom is -0.316 e. The Hall–Kier alpha value is -3.31. The molecular weight excluding hydrogens is 505 g/mol. The van der Waals surface area contributed by atoms with E-state index >= 15 is 4.39 Å². The molecule has 0 heterocycles. The number of nitriles is 1. The number of carbonyl (C=O) groups is 3. The van der Waals surface area contributed by atoms with Crippen LogP contribution in [-0.4, -0.2) is 38.6 Å². The third kappa shape index (κ3) is 9.14. The number of halogens is 3. The molecule has 0 saturated heterocycles. The molecule has 2 aromatic carbocycles. The standard InChI is InChI=1S/C22H27F2N.C6H7NO.C2H3FO.CH2O/c1-4-22(10-11-22)21(25-3)15(2)12-17-13-18(23)14-19(20(17)24)16-8-6-5-7-9-16;1-5(8)6(4-7)2-3-6;3-1-2-4;1-2/h5-9,13-15,21,25H,4,10-12H2,1-3H3;2-3H2,1H3;2H,1H2;1H2/t15?,21-;;;/m1.../s1. The summed E-state index contributed by atoms with van der Waals surface area (Å²) in [5.41, 5.74) is 1.32. The van der Waals surface area contributed by atoms with E-state index in [1.807, 2.05) is 50.2 Å². The number of benzene rings is 2. The van der Waals surface area contributed by atoms with Gasteiger partial charge in [0.1, 0.15) is 36.3 Å². The Kier molecular flexibility index (Phi) is 13.8. The van der Waals surface area contributed by atoms with E-state index in [2.05, 4.69) is 19.2 Å². The molecule has 2 fully saturated rings. The zero-order valence-electron chi connectivity index (χ0n) is 23.2. The van der Waals surface area contributed by atoms with Crippen LogP contribution in [-0.2, 0) is 20.8 Å². The molecule has 0 bridgehead atoms. The zero-order valence-corrected chi connectivity index (χ0v) is 23.2. The summed E-state index contributed by atoms with van der Waals surface area (Å²) in [6.45, 7) is 6.99. The van der Waals surface area contributed by atoms with Crippen molar-refractivity contribution in [2.75, 3.05) is 13.7 Å². The Bertz CT molecular complexity index is 1110. The molecule has 8 heteroatoms. The second-order valence-corrected chi connectivity index (χ2v) is 10.0. The second-order valence-electron chi connectivity index (χ2n) is 10.0. The average Bonchev–Trinajstić information content (AvgIpc) is 3.89. The van der Waals surface area contributed by atoms with Crippen LogP contribution in [0.2, 0.25) is 0 Å². The van der Waals surface area contributed by atoms with Gasteiger partial charge in [-0.15, -0.1) is 0 Å². The SMILES string of the molecule is C=O.CC(=O)C1(C#N)CC1.CCC1([C@H](NC)C(C)Cc2cc(F)cc(-c3ccccc3)c2F)CC1.O=CCF. The van der Waals surface area contributed by atoms with E-state index in [0.29, 0.717) is 34.6 Å². The van der Waals surface area contributed by atoms with Gasteiger partial charge in [-0.3, -0.25) is 4.79 Å². The van der Waals surface area contributed by atoms with Crippen LogP contribution >= 0.6 is 0 Å². The average molecular weight is 545 g/mol. The number of hydrogen-bond donors (Lipinski definition) is 1. The van der Waals surface area contributed by atoms with Gasteiger partial charge < -0.3 is 14.9 Å². The molecule has 2 saturated carbocycles. The Morgan fingerprint density at radius 3 is 2.08 bits per heavy atom. The summed E-state index contributed by atoms with van der Waals surface area (Å²) in [4.78, 5) is 27.3. The lowest BCUT2D eigenvalue weighted by Gasteiger charge is -2.31. The van der Waals surface area contributed by atoms with Crippen molar-refractivity contribution >= 4 is 18.9 Å². The molecule has 0 aromatic heterocycles. The van der Waals surface area contributed by atoms with Gasteiger partial charge in [-0.05, 0) is 87.1 Å². The van der Waals surface area contributed by atoms with E-state index in [9.17, 15) is 13.6 Å². The molecule has 1 N–H and O–H groups in total. The molecule has 2 aliphatic carbocycles. The molecule has 212 valence electrons. The Labute approximate surface area is 229 Å². The van der Waals surface area contributed by atoms with Gasteiger partial charge in [0.05, 0.1) is 6.07 Å². The van der Waals surface area contributed by atoms with Crippen LogP contribution in [0.3, 0.4) is 0 Å². The molecule has 4 rings (SSSR count). The fourth-order valence-corrected chi connectivity index (χ4v) is 4.99. The normalized spacial score (nSPS) is 16.7. The fourth-order valence-electron chi connectivity index (χ4n) is 4.99. The molecule has 2 aromatic rings. The maximum atomic E-state index is 15.1. The van der Waals surface area contributed by atoms with Gasteiger partial charge in [0.25, 0.3) is 0 Å². The van der Waals surface area contributed by atoms with Crippen molar-refractivity contribution in [1.29, 1.82) is 5.26 Å². The van der Waals surface area contributed by atoms with Crippen LogP contribution in [0.25, 0.3) is 11.1 Å². The van der Waals surface area contributed by atoms with Crippen LogP contribution < -0.4 is 5.32 Å². The number of alkyl halides is 1. The topological polar surface area (TPSA) is 87.0 Å².